The Labute approximate surface area is 103 Å². The first kappa shape index (κ1) is 12.8. The Bertz CT molecular complexity index is 305. The van der Waals surface area contributed by atoms with Crippen LogP contribution in [0.15, 0.2) is 0 Å². The predicted octanol–water partition coefficient (Wildman–Crippen LogP) is 1.22. The van der Waals surface area contributed by atoms with Gasteiger partial charge in [-0.25, -0.2) is 4.79 Å². The van der Waals surface area contributed by atoms with Crippen molar-refractivity contribution in [3.8, 4) is 0 Å². The Balaban J connectivity index is 1.93. The smallest absolute Gasteiger partial charge is 0.338 e. The van der Waals surface area contributed by atoms with Crippen LogP contribution in [-0.2, 0) is 9.53 Å². The fourth-order valence-corrected chi connectivity index (χ4v) is 3.04. The number of hydrogen-bond donors (Lipinski definition) is 2. The SMILES string of the molecule is CC(C)(C)OC(=O)C1(O)CC2(CCCNC2)C1. The molecule has 0 aromatic rings. The van der Waals surface area contributed by atoms with Crippen LogP contribution in [0, 0.1) is 5.41 Å². The standard InChI is InChI=1S/C13H23NO3/c1-11(2,3)17-10(15)13(16)7-12(8-13)5-4-6-14-9-12/h14,16H,4-9H2,1-3H3. The highest BCUT2D eigenvalue weighted by Gasteiger charge is 2.59. The Morgan fingerprint density at radius 3 is 2.47 bits per heavy atom. The van der Waals surface area contributed by atoms with Gasteiger partial charge in [0.25, 0.3) is 0 Å². The molecule has 1 saturated heterocycles. The number of carbonyl (C=O) groups excluding carboxylic acids is 1. The van der Waals surface area contributed by atoms with Gasteiger partial charge in [-0.15, -0.1) is 0 Å². The van der Waals surface area contributed by atoms with Crippen molar-refractivity contribution in [1.82, 2.24) is 5.32 Å². The summed E-state index contributed by atoms with van der Waals surface area (Å²) in [6, 6.07) is 0. The number of nitrogens with one attached hydrogen (secondary N) is 1. The Hall–Kier alpha value is -0.610. The van der Waals surface area contributed by atoms with E-state index in [1.807, 2.05) is 20.8 Å². The van der Waals surface area contributed by atoms with E-state index in [2.05, 4.69) is 5.32 Å². The first-order chi connectivity index (χ1) is 7.75. The Kier molecular flexibility index (Phi) is 2.99. The van der Waals surface area contributed by atoms with E-state index in [0.29, 0.717) is 12.8 Å². The van der Waals surface area contributed by atoms with E-state index >= 15 is 0 Å². The zero-order valence-electron chi connectivity index (χ0n) is 11.0. The van der Waals surface area contributed by atoms with Crippen LogP contribution in [0.1, 0.15) is 46.5 Å². The van der Waals surface area contributed by atoms with E-state index in [-0.39, 0.29) is 5.41 Å². The molecule has 0 radical (unpaired) electrons. The number of hydrogen-bond acceptors (Lipinski definition) is 4. The lowest BCUT2D eigenvalue weighted by Gasteiger charge is -2.54. The van der Waals surface area contributed by atoms with Crippen LogP contribution in [0.25, 0.3) is 0 Å². The molecule has 0 amide bonds. The number of aliphatic hydroxyl groups is 1. The van der Waals surface area contributed by atoms with Crippen molar-refractivity contribution in [3.63, 3.8) is 0 Å². The molecule has 1 heterocycles. The van der Waals surface area contributed by atoms with Crippen molar-refractivity contribution >= 4 is 5.97 Å². The van der Waals surface area contributed by atoms with E-state index in [1.54, 1.807) is 0 Å². The molecular weight excluding hydrogens is 218 g/mol. The van der Waals surface area contributed by atoms with Gasteiger partial charge in [-0.1, -0.05) is 0 Å². The number of piperidine rings is 1. The van der Waals surface area contributed by atoms with Crippen molar-refractivity contribution in [2.45, 2.75) is 57.7 Å². The molecular formula is C13H23NO3. The summed E-state index contributed by atoms with van der Waals surface area (Å²) in [6.07, 6.45) is 3.32. The minimum Gasteiger partial charge on any atom is -0.458 e. The summed E-state index contributed by atoms with van der Waals surface area (Å²) in [5, 5.41) is 13.6. The maximum Gasteiger partial charge on any atom is 0.338 e. The van der Waals surface area contributed by atoms with E-state index in [0.717, 1.165) is 25.9 Å². The van der Waals surface area contributed by atoms with Gasteiger partial charge >= 0.3 is 5.97 Å². The lowest BCUT2D eigenvalue weighted by molar-refractivity contribution is -0.205. The average Bonchev–Trinajstić information content (AvgIpc) is 2.14. The molecule has 4 heteroatoms. The normalized spacial score (nSPS) is 37.6. The third-order valence-corrected chi connectivity index (χ3v) is 3.67. The Morgan fingerprint density at radius 2 is 2.00 bits per heavy atom. The fourth-order valence-electron chi connectivity index (χ4n) is 3.04. The van der Waals surface area contributed by atoms with Crippen LogP contribution in [-0.4, -0.2) is 35.4 Å². The number of ether oxygens (including phenoxy) is 1. The molecule has 1 saturated carbocycles. The van der Waals surface area contributed by atoms with Crippen LogP contribution >= 0.6 is 0 Å². The number of esters is 1. The van der Waals surface area contributed by atoms with Gasteiger partial charge in [-0.2, -0.15) is 0 Å². The molecule has 0 aromatic carbocycles. The molecule has 0 unspecified atom stereocenters. The van der Waals surface area contributed by atoms with Gasteiger partial charge in [0.15, 0.2) is 5.60 Å². The van der Waals surface area contributed by atoms with Crippen molar-refractivity contribution in [2.24, 2.45) is 5.41 Å². The summed E-state index contributed by atoms with van der Waals surface area (Å²) in [5.74, 6) is -0.457. The molecule has 0 bridgehead atoms. The van der Waals surface area contributed by atoms with E-state index in [4.69, 9.17) is 4.74 Å². The quantitative estimate of drug-likeness (QED) is 0.678. The van der Waals surface area contributed by atoms with Crippen LogP contribution < -0.4 is 5.32 Å². The molecule has 4 nitrogen and oxygen atoms in total. The summed E-state index contributed by atoms with van der Waals surface area (Å²) >= 11 is 0. The van der Waals surface area contributed by atoms with Crippen molar-refractivity contribution in [1.29, 1.82) is 0 Å². The van der Waals surface area contributed by atoms with Gasteiger partial charge in [0, 0.05) is 6.54 Å². The van der Waals surface area contributed by atoms with E-state index in [9.17, 15) is 9.90 Å². The highest BCUT2D eigenvalue weighted by Crippen LogP contribution is 2.52. The van der Waals surface area contributed by atoms with Gasteiger partial charge in [0.05, 0.1) is 0 Å². The van der Waals surface area contributed by atoms with Gasteiger partial charge in [-0.05, 0) is 58.4 Å². The molecule has 2 N–H and O–H groups in total. The van der Waals surface area contributed by atoms with E-state index in [1.165, 1.54) is 0 Å². The molecule has 1 spiro atoms. The molecule has 0 aromatic heterocycles. The monoisotopic (exact) mass is 241 g/mol. The highest BCUT2D eigenvalue weighted by molar-refractivity contribution is 5.81. The van der Waals surface area contributed by atoms with Crippen molar-refractivity contribution in [2.75, 3.05) is 13.1 Å². The fraction of sp³-hybridized carbons (Fsp3) is 0.923. The van der Waals surface area contributed by atoms with Gasteiger partial charge in [-0.3, -0.25) is 0 Å². The third-order valence-electron chi connectivity index (χ3n) is 3.67. The van der Waals surface area contributed by atoms with Crippen LogP contribution in [0.4, 0.5) is 0 Å². The maximum atomic E-state index is 11.9. The summed E-state index contributed by atoms with van der Waals surface area (Å²) < 4.78 is 5.27. The first-order valence-corrected chi connectivity index (χ1v) is 6.41. The highest BCUT2D eigenvalue weighted by atomic mass is 16.6. The summed E-state index contributed by atoms with van der Waals surface area (Å²) in [4.78, 5) is 11.9. The molecule has 2 fully saturated rings. The molecule has 98 valence electrons. The zero-order chi connectivity index (χ0) is 12.7. The van der Waals surface area contributed by atoms with Gasteiger partial charge < -0.3 is 15.2 Å². The second-order valence-corrected chi connectivity index (χ2v) is 6.67. The van der Waals surface area contributed by atoms with Gasteiger partial charge in [0.1, 0.15) is 5.60 Å². The van der Waals surface area contributed by atoms with Gasteiger partial charge in [0.2, 0.25) is 0 Å². The summed E-state index contributed by atoms with van der Waals surface area (Å²) in [7, 11) is 0. The minimum atomic E-state index is -1.24. The summed E-state index contributed by atoms with van der Waals surface area (Å²) in [5.41, 5.74) is -1.64. The molecule has 17 heavy (non-hydrogen) atoms. The summed E-state index contributed by atoms with van der Waals surface area (Å²) in [6.45, 7) is 7.44. The lowest BCUT2D eigenvalue weighted by atomic mass is 9.56. The molecule has 2 rings (SSSR count). The van der Waals surface area contributed by atoms with Crippen molar-refractivity contribution < 1.29 is 14.6 Å². The maximum absolute atomic E-state index is 11.9. The lowest BCUT2D eigenvalue weighted by Crippen LogP contribution is -2.62. The average molecular weight is 241 g/mol. The molecule has 1 aliphatic carbocycles. The number of carbonyl (C=O) groups is 1. The zero-order valence-corrected chi connectivity index (χ0v) is 11.0. The molecule has 2 aliphatic rings. The second kappa shape index (κ2) is 3.95. The van der Waals surface area contributed by atoms with E-state index < -0.39 is 17.2 Å². The predicted molar refractivity (Wildman–Crippen MR) is 64.6 cm³/mol. The first-order valence-electron chi connectivity index (χ1n) is 6.41. The molecule has 1 aliphatic heterocycles. The Morgan fingerprint density at radius 1 is 1.35 bits per heavy atom. The largest absolute Gasteiger partial charge is 0.458 e. The minimum absolute atomic E-state index is 0.129. The van der Waals surface area contributed by atoms with Crippen molar-refractivity contribution in [3.05, 3.63) is 0 Å². The number of rotatable bonds is 1. The van der Waals surface area contributed by atoms with Crippen LogP contribution in [0.3, 0.4) is 0 Å². The second-order valence-electron chi connectivity index (χ2n) is 6.67. The van der Waals surface area contributed by atoms with Crippen LogP contribution in [0.5, 0.6) is 0 Å². The topological polar surface area (TPSA) is 58.6 Å². The van der Waals surface area contributed by atoms with Crippen LogP contribution in [0.2, 0.25) is 0 Å². The third kappa shape index (κ3) is 2.63. The molecule has 0 atom stereocenters.